The van der Waals surface area contributed by atoms with Gasteiger partial charge in [0.2, 0.25) is 0 Å². The molecule has 0 aromatic carbocycles. The highest BCUT2D eigenvalue weighted by Crippen LogP contribution is 2.40. The number of nitrogens with zero attached hydrogens (tertiary/aromatic N) is 1. The SMILES string of the molecule is COC1CCCN(C2(CN)CCC(C(C)C)CC2)C1. The van der Waals surface area contributed by atoms with Crippen molar-refractivity contribution in [1.29, 1.82) is 0 Å². The fraction of sp³-hybridized carbons (Fsp3) is 1.00. The lowest BCUT2D eigenvalue weighted by molar-refractivity contribution is -0.0377. The van der Waals surface area contributed by atoms with Gasteiger partial charge in [0.1, 0.15) is 0 Å². The number of rotatable bonds is 4. The van der Waals surface area contributed by atoms with Gasteiger partial charge in [-0.15, -0.1) is 0 Å². The number of piperidine rings is 1. The average Bonchev–Trinajstić information content (AvgIpc) is 2.47. The van der Waals surface area contributed by atoms with Crippen molar-refractivity contribution in [1.82, 2.24) is 4.90 Å². The second kappa shape index (κ2) is 6.55. The van der Waals surface area contributed by atoms with Crippen LogP contribution in [0.25, 0.3) is 0 Å². The third-order valence-electron chi connectivity index (χ3n) is 5.67. The maximum atomic E-state index is 6.20. The van der Waals surface area contributed by atoms with Crippen molar-refractivity contribution in [2.75, 3.05) is 26.7 Å². The number of nitrogens with two attached hydrogens (primary N) is 1. The highest BCUT2D eigenvalue weighted by atomic mass is 16.5. The minimum Gasteiger partial charge on any atom is -0.380 e. The second-order valence-corrected chi connectivity index (χ2v) is 6.96. The van der Waals surface area contributed by atoms with Gasteiger partial charge in [-0.3, -0.25) is 4.90 Å². The molecule has 2 N–H and O–H groups in total. The Balaban J connectivity index is 1.99. The van der Waals surface area contributed by atoms with Crippen LogP contribution in [0, 0.1) is 11.8 Å². The van der Waals surface area contributed by atoms with E-state index in [0.717, 1.165) is 24.9 Å². The van der Waals surface area contributed by atoms with E-state index in [2.05, 4.69) is 18.7 Å². The highest BCUT2D eigenvalue weighted by Gasteiger charge is 2.41. The summed E-state index contributed by atoms with van der Waals surface area (Å²) in [4.78, 5) is 2.65. The molecule has 1 aliphatic carbocycles. The number of likely N-dealkylation sites (tertiary alicyclic amines) is 1. The smallest absolute Gasteiger partial charge is 0.0698 e. The Morgan fingerprint density at radius 2 is 1.95 bits per heavy atom. The monoisotopic (exact) mass is 268 g/mol. The lowest BCUT2D eigenvalue weighted by atomic mass is 9.71. The van der Waals surface area contributed by atoms with E-state index in [-0.39, 0.29) is 5.54 Å². The summed E-state index contributed by atoms with van der Waals surface area (Å²) in [5, 5.41) is 0. The molecule has 1 aliphatic heterocycles. The van der Waals surface area contributed by atoms with E-state index in [1.54, 1.807) is 0 Å². The molecule has 0 bridgehead atoms. The van der Waals surface area contributed by atoms with Gasteiger partial charge in [0, 0.05) is 25.7 Å². The number of ether oxygens (including phenoxy) is 1. The Morgan fingerprint density at radius 1 is 1.26 bits per heavy atom. The van der Waals surface area contributed by atoms with E-state index in [4.69, 9.17) is 10.5 Å². The minimum atomic E-state index is 0.266. The first-order chi connectivity index (χ1) is 9.11. The Bertz CT molecular complexity index is 272. The van der Waals surface area contributed by atoms with Gasteiger partial charge < -0.3 is 10.5 Å². The van der Waals surface area contributed by atoms with E-state index >= 15 is 0 Å². The van der Waals surface area contributed by atoms with Crippen LogP contribution in [0.2, 0.25) is 0 Å². The summed E-state index contributed by atoms with van der Waals surface area (Å²) in [7, 11) is 1.85. The third-order valence-corrected chi connectivity index (χ3v) is 5.67. The molecule has 1 heterocycles. The molecule has 3 heteroatoms. The largest absolute Gasteiger partial charge is 0.380 e. The maximum absolute atomic E-state index is 6.20. The summed E-state index contributed by atoms with van der Waals surface area (Å²) in [5.41, 5.74) is 6.46. The fourth-order valence-electron chi connectivity index (χ4n) is 4.06. The van der Waals surface area contributed by atoms with Crippen LogP contribution >= 0.6 is 0 Å². The van der Waals surface area contributed by atoms with Crippen LogP contribution in [0.3, 0.4) is 0 Å². The van der Waals surface area contributed by atoms with E-state index in [9.17, 15) is 0 Å². The molecular formula is C16H32N2O. The Hall–Kier alpha value is -0.120. The fourth-order valence-corrected chi connectivity index (χ4v) is 4.06. The highest BCUT2D eigenvalue weighted by molar-refractivity contribution is 4.98. The van der Waals surface area contributed by atoms with Gasteiger partial charge in [-0.1, -0.05) is 13.8 Å². The molecule has 2 rings (SSSR count). The van der Waals surface area contributed by atoms with Crippen LogP contribution in [-0.2, 0) is 4.74 Å². The summed E-state index contributed by atoms with van der Waals surface area (Å²) in [5.74, 6) is 1.73. The number of hydrogen-bond acceptors (Lipinski definition) is 3. The zero-order valence-electron chi connectivity index (χ0n) is 13.0. The Labute approximate surface area is 118 Å². The topological polar surface area (TPSA) is 38.5 Å². The van der Waals surface area contributed by atoms with Crippen molar-refractivity contribution < 1.29 is 4.74 Å². The molecule has 2 aliphatic rings. The van der Waals surface area contributed by atoms with Crippen LogP contribution < -0.4 is 5.73 Å². The molecule has 0 spiro atoms. The van der Waals surface area contributed by atoms with Gasteiger partial charge in [-0.2, -0.15) is 0 Å². The summed E-state index contributed by atoms with van der Waals surface area (Å²) in [6.45, 7) is 7.83. The lowest BCUT2D eigenvalue weighted by Gasteiger charge is -2.50. The van der Waals surface area contributed by atoms with Crippen molar-refractivity contribution in [3.63, 3.8) is 0 Å². The minimum absolute atomic E-state index is 0.266. The lowest BCUT2D eigenvalue weighted by Crippen LogP contribution is -2.59. The molecule has 1 saturated heterocycles. The zero-order chi connectivity index (χ0) is 13.9. The molecule has 0 radical (unpaired) electrons. The zero-order valence-corrected chi connectivity index (χ0v) is 13.0. The van der Waals surface area contributed by atoms with E-state index in [1.807, 2.05) is 7.11 Å². The van der Waals surface area contributed by atoms with Crippen LogP contribution in [0.1, 0.15) is 52.4 Å². The summed E-state index contributed by atoms with van der Waals surface area (Å²) < 4.78 is 5.58. The Kier molecular flexibility index (Phi) is 5.27. The molecule has 112 valence electrons. The van der Waals surface area contributed by atoms with Gasteiger partial charge in [-0.05, 0) is 56.9 Å². The van der Waals surface area contributed by atoms with Crippen molar-refractivity contribution in [2.45, 2.75) is 64.0 Å². The van der Waals surface area contributed by atoms with Crippen LogP contribution in [0.15, 0.2) is 0 Å². The van der Waals surface area contributed by atoms with Crippen LogP contribution in [0.5, 0.6) is 0 Å². The normalized spacial score (nSPS) is 37.7. The van der Waals surface area contributed by atoms with Crippen LogP contribution in [0.4, 0.5) is 0 Å². The first-order valence-electron chi connectivity index (χ1n) is 8.09. The summed E-state index contributed by atoms with van der Waals surface area (Å²) in [6.07, 6.45) is 8.15. The molecule has 1 saturated carbocycles. The molecule has 0 aromatic rings. The molecule has 19 heavy (non-hydrogen) atoms. The molecule has 3 nitrogen and oxygen atoms in total. The standard InChI is InChI=1S/C16H32N2O/c1-13(2)14-6-8-16(12-17,9-7-14)18-10-4-5-15(11-18)19-3/h13-15H,4-12,17H2,1-3H3. The van der Waals surface area contributed by atoms with Crippen molar-refractivity contribution >= 4 is 0 Å². The van der Waals surface area contributed by atoms with E-state index in [1.165, 1.54) is 45.1 Å². The van der Waals surface area contributed by atoms with Crippen LogP contribution in [-0.4, -0.2) is 43.3 Å². The maximum Gasteiger partial charge on any atom is 0.0698 e. The second-order valence-electron chi connectivity index (χ2n) is 6.96. The first kappa shape index (κ1) is 15.3. The van der Waals surface area contributed by atoms with Gasteiger partial charge in [0.25, 0.3) is 0 Å². The summed E-state index contributed by atoms with van der Waals surface area (Å²) in [6, 6.07) is 0. The van der Waals surface area contributed by atoms with E-state index in [0.29, 0.717) is 6.10 Å². The molecule has 0 amide bonds. The van der Waals surface area contributed by atoms with Gasteiger partial charge >= 0.3 is 0 Å². The molecule has 1 atom stereocenters. The molecular weight excluding hydrogens is 236 g/mol. The van der Waals surface area contributed by atoms with Gasteiger partial charge in [0.15, 0.2) is 0 Å². The quantitative estimate of drug-likeness (QED) is 0.852. The van der Waals surface area contributed by atoms with Crippen molar-refractivity contribution in [3.05, 3.63) is 0 Å². The predicted octanol–water partition coefficient (Wildman–Crippen LogP) is 2.64. The van der Waals surface area contributed by atoms with Gasteiger partial charge in [-0.25, -0.2) is 0 Å². The predicted molar refractivity (Wildman–Crippen MR) is 80.2 cm³/mol. The molecule has 1 unspecified atom stereocenters. The Morgan fingerprint density at radius 3 is 2.47 bits per heavy atom. The number of methoxy groups -OCH3 is 1. The van der Waals surface area contributed by atoms with Crippen molar-refractivity contribution in [2.24, 2.45) is 17.6 Å². The number of hydrogen-bond donors (Lipinski definition) is 1. The molecule has 2 fully saturated rings. The average molecular weight is 268 g/mol. The first-order valence-corrected chi connectivity index (χ1v) is 8.09. The summed E-state index contributed by atoms with van der Waals surface area (Å²) >= 11 is 0. The third kappa shape index (κ3) is 3.32. The van der Waals surface area contributed by atoms with Crippen molar-refractivity contribution in [3.8, 4) is 0 Å². The van der Waals surface area contributed by atoms with Gasteiger partial charge in [0.05, 0.1) is 6.10 Å². The van der Waals surface area contributed by atoms with E-state index < -0.39 is 0 Å². The molecule has 0 aromatic heterocycles.